The van der Waals surface area contributed by atoms with Crippen molar-refractivity contribution in [3.63, 3.8) is 0 Å². The number of ether oxygens (including phenoxy) is 4. The smallest absolute Gasteiger partial charge is 0.348 e. The number of aliphatic hydroxyl groups excluding tert-OH is 2. The molecule has 4 aliphatic rings. The number of hydrogen-bond acceptors (Lipinski definition) is 12. The van der Waals surface area contributed by atoms with Gasteiger partial charge in [-0.25, -0.2) is 9.59 Å². The molecule has 2 aromatic rings. The number of nitrogens with one attached hydrogen (secondary N) is 1. The van der Waals surface area contributed by atoms with E-state index in [9.17, 15) is 39.3 Å². The fourth-order valence-corrected chi connectivity index (χ4v) is 9.63. The summed E-state index contributed by atoms with van der Waals surface area (Å²) in [4.78, 5) is 67.5. The Hall–Kier alpha value is -4.43. The summed E-state index contributed by atoms with van der Waals surface area (Å²) in [7, 11) is 0. The topological polar surface area (TPSA) is 195 Å². The van der Waals surface area contributed by atoms with Gasteiger partial charge in [-0.1, -0.05) is 83.1 Å². The molecular weight excluding hydrogens is 722 g/mol. The van der Waals surface area contributed by atoms with Gasteiger partial charge in [-0.3, -0.25) is 14.4 Å². The highest BCUT2D eigenvalue weighted by Gasteiger charge is 2.70. The van der Waals surface area contributed by atoms with Gasteiger partial charge in [-0.05, 0) is 35.8 Å². The number of ketones is 1. The summed E-state index contributed by atoms with van der Waals surface area (Å²) in [6, 6.07) is 17.1. The van der Waals surface area contributed by atoms with Crippen LogP contribution in [-0.2, 0) is 44.5 Å². The minimum Gasteiger partial charge on any atom is -0.455 e. The van der Waals surface area contributed by atoms with Gasteiger partial charge >= 0.3 is 17.9 Å². The SMILES string of the molecule is CCC(=O)NCC(=O)O[C@H](Cc1ccccc1)C(=O)O[C@H]1C[C@@]2(O)[C@@H](OC(=O)c3ccccc3)[C@H]3[C@@H]([C@H](C)C(=O)[C@H](O)C(=C1C)C2(C)C)[C@@H](O)C[C@H]1OC[C@@]31C. The minimum atomic E-state index is -2.12. The highest BCUT2D eigenvalue weighted by molar-refractivity contribution is 5.90. The molecule has 1 saturated heterocycles. The Bertz CT molecular complexity index is 1860. The predicted molar refractivity (Wildman–Crippen MR) is 201 cm³/mol. The number of rotatable bonds is 10. The van der Waals surface area contributed by atoms with E-state index in [0.717, 1.165) is 0 Å². The van der Waals surface area contributed by atoms with Crippen LogP contribution in [-0.4, -0.2) is 100 Å². The molecule has 2 aromatic carbocycles. The molecule has 0 unspecified atom stereocenters. The molecule has 3 aliphatic carbocycles. The van der Waals surface area contributed by atoms with E-state index in [1.165, 1.54) is 0 Å². The fourth-order valence-electron chi connectivity index (χ4n) is 9.63. The van der Waals surface area contributed by atoms with Crippen molar-refractivity contribution < 1.29 is 58.2 Å². The number of hydrogen-bond donors (Lipinski definition) is 4. The lowest BCUT2D eigenvalue weighted by Crippen LogP contribution is -2.72. The third-order valence-corrected chi connectivity index (χ3v) is 13.0. The quantitative estimate of drug-likeness (QED) is 0.157. The highest BCUT2D eigenvalue weighted by atomic mass is 16.6. The van der Waals surface area contributed by atoms with Crippen molar-refractivity contribution in [3.8, 4) is 0 Å². The van der Waals surface area contributed by atoms with Crippen LogP contribution in [0.25, 0.3) is 0 Å². The zero-order valence-corrected chi connectivity index (χ0v) is 32.7. The van der Waals surface area contributed by atoms with Crippen molar-refractivity contribution in [2.45, 2.75) is 109 Å². The van der Waals surface area contributed by atoms with Crippen LogP contribution >= 0.6 is 0 Å². The molecule has 56 heavy (non-hydrogen) atoms. The standard InChI is InChI=1S/C43H53NO12/c1-7-31(46)44-21-32(47)54-28(18-25-14-10-8-11-15-25)40(51)55-29-20-43(52)38(56-39(50)26-16-12-9-13-17-26)35-33(27(45)19-30-42(35,6)22-53-30)24(3)36(48)37(49)34(23(29)2)41(43,4)5/h8-17,24,27-30,33,35,37-38,45,49,52H,7,18-22H2,1-6H3,(H,44,46)/t24-,27-,28+,29-,30+,33-,35+,37+,38-,42+,43+/m0/s1. The Morgan fingerprint density at radius 3 is 2.23 bits per heavy atom. The first kappa shape index (κ1) is 41.2. The van der Waals surface area contributed by atoms with E-state index >= 15 is 0 Å². The minimum absolute atomic E-state index is 0.0808. The van der Waals surface area contributed by atoms with Gasteiger partial charge < -0.3 is 39.6 Å². The van der Waals surface area contributed by atoms with Crippen molar-refractivity contribution in [1.82, 2.24) is 5.32 Å². The third kappa shape index (κ3) is 7.30. The summed E-state index contributed by atoms with van der Waals surface area (Å²) in [6.45, 7) is 9.85. The summed E-state index contributed by atoms with van der Waals surface area (Å²) in [5.41, 5.74) is -3.11. The molecule has 6 rings (SSSR count). The van der Waals surface area contributed by atoms with Crippen LogP contribution in [0.3, 0.4) is 0 Å². The van der Waals surface area contributed by atoms with Crippen LogP contribution in [0, 0.1) is 28.6 Å². The molecule has 11 atom stereocenters. The van der Waals surface area contributed by atoms with Crippen LogP contribution in [0.5, 0.6) is 0 Å². The zero-order chi connectivity index (χ0) is 40.7. The maximum absolute atomic E-state index is 14.4. The molecule has 13 heteroatoms. The lowest BCUT2D eigenvalue weighted by molar-refractivity contribution is -0.299. The van der Waals surface area contributed by atoms with Crippen LogP contribution in [0.2, 0.25) is 0 Å². The van der Waals surface area contributed by atoms with E-state index < -0.39 is 101 Å². The monoisotopic (exact) mass is 775 g/mol. The maximum Gasteiger partial charge on any atom is 0.348 e. The molecule has 0 aromatic heterocycles. The molecule has 302 valence electrons. The number of carbonyl (C=O) groups is 5. The Morgan fingerprint density at radius 2 is 1.62 bits per heavy atom. The van der Waals surface area contributed by atoms with Crippen LogP contribution in [0.4, 0.5) is 0 Å². The van der Waals surface area contributed by atoms with Crippen molar-refractivity contribution in [2.24, 2.45) is 28.6 Å². The van der Waals surface area contributed by atoms with Gasteiger partial charge in [0.1, 0.15) is 30.5 Å². The van der Waals surface area contributed by atoms with Crippen molar-refractivity contribution in [1.29, 1.82) is 0 Å². The average Bonchev–Trinajstić information content (AvgIpc) is 3.18. The number of benzene rings is 2. The molecule has 13 nitrogen and oxygen atoms in total. The third-order valence-electron chi connectivity index (χ3n) is 13.0. The van der Waals surface area contributed by atoms with Gasteiger partial charge in [0.15, 0.2) is 5.78 Å². The second-order valence-corrected chi connectivity index (χ2v) is 16.6. The molecule has 1 aliphatic heterocycles. The number of aliphatic hydroxyl groups is 3. The van der Waals surface area contributed by atoms with Crippen LogP contribution in [0.1, 0.15) is 76.7 Å². The molecule has 0 radical (unpaired) electrons. The molecule has 3 fully saturated rings. The largest absolute Gasteiger partial charge is 0.455 e. The molecule has 2 saturated carbocycles. The number of esters is 3. The second kappa shape index (κ2) is 15.8. The number of amides is 1. The first-order valence-corrected chi connectivity index (χ1v) is 19.4. The van der Waals surface area contributed by atoms with Crippen molar-refractivity contribution >= 4 is 29.6 Å². The van der Waals surface area contributed by atoms with Crippen LogP contribution in [0.15, 0.2) is 71.8 Å². The molecule has 0 spiro atoms. The maximum atomic E-state index is 14.4. The van der Waals surface area contributed by atoms with Gasteiger partial charge in [-0.2, -0.15) is 0 Å². The number of fused-ring (bicyclic) bond motifs is 5. The zero-order valence-electron chi connectivity index (χ0n) is 32.7. The van der Waals surface area contributed by atoms with E-state index in [-0.39, 0.29) is 49.3 Å². The number of carbonyl (C=O) groups excluding carboxylic acids is 5. The van der Waals surface area contributed by atoms with Gasteiger partial charge in [0.25, 0.3) is 0 Å². The average molecular weight is 776 g/mol. The molecule has 2 bridgehead atoms. The summed E-state index contributed by atoms with van der Waals surface area (Å²) >= 11 is 0. The normalized spacial score (nSPS) is 33.8. The van der Waals surface area contributed by atoms with Gasteiger partial charge in [-0.15, -0.1) is 0 Å². The Balaban J connectivity index is 1.45. The molecule has 1 amide bonds. The summed E-state index contributed by atoms with van der Waals surface area (Å²) in [6.07, 6.45) is -7.63. The van der Waals surface area contributed by atoms with Gasteiger partial charge in [0.05, 0.1) is 24.4 Å². The fraction of sp³-hybridized carbons (Fsp3) is 0.558. The summed E-state index contributed by atoms with van der Waals surface area (Å²) in [5.74, 6) is -6.24. The lowest BCUT2D eigenvalue weighted by Gasteiger charge is -2.63. The van der Waals surface area contributed by atoms with E-state index in [0.29, 0.717) is 11.1 Å². The summed E-state index contributed by atoms with van der Waals surface area (Å²) < 4.78 is 24.1. The Morgan fingerprint density at radius 1 is 0.982 bits per heavy atom. The van der Waals surface area contributed by atoms with E-state index in [4.69, 9.17) is 18.9 Å². The van der Waals surface area contributed by atoms with Gasteiger partial charge in [0.2, 0.25) is 12.0 Å². The highest BCUT2D eigenvalue weighted by Crippen LogP contribution is 2.62. The van der Waals surface area contributed by atoms with E-state index in [1.54, 1.807) is 95.3 Å². The Labute approximate surface area is 326 Å². The molecule has 4 N–H and O–H groups in total. The van der Waals surface area contributed by atoms with Crippen LogP contribution < -0.4 is 5.32 Å². The first-order chi connectivity index (χ1) is 26.4. The predicted octanol–water partition coefficient (Wildman–Crippen LogP) is 3.26. The van der Waals surface area contributed by atoms with Gasteiger partial charge in [0, 0.05) is 54.3 Å². The number of Topliss-reactive ketones (excluding diaryl/α,β-unsaturated/α-hetero) is 1. The first-order valence-electron chi connectivity index (χ1n) is 19.4. The molecular formula is C43H53NO12. The molecule has 1 heterocycles. The van der Waals surface area contributed by atoms with Crippen molar-refractivity contribution in [3.05, 3.63) is 82.9 Å². The summed E-state index contributed by atoms with van der Waals surface area (Å²) in [5, 5.41) is 39.7. The van der Waals surface area contributed by atoms with Crippen molar-refractivity contribution in [2.75, 3.05) is 13.2 Å². The second-order valence-electron chi connectivity index (χ2n) is 16.6. The van der Waals surface area contributed by atoms with E-state index in [2.05, 4.69) is 5.32 Å². The lowest BCUT2D eigenvalue weighted by atomic mass is 9.49. The van der Waals surface area contributed by atoms with E-state index in [1.807, 2.05) is 6.92 Å². The Kier molecular flexibility index (Phi) is 11.7.